The van der Waals surface area contributed by atoms with Crippen molar-refractivity contribution in [2.45, 2.75) is 13.8 Å². The molecule has 2 amide bonds. The number of benzene rings is 3. The van der Waals surface area contributed by atoms with E-state index in [1.54, 1.807) is 25.3 Å². The lowest BCUT2D eigenvalue weighted by atomic mass is 10.0. The summed E-state index contributed by atoms with van der Waals surface area (Å²) in [6.07, 6.45) is 0. The number of hydrogen-bond acceptors (Lipinski definition) is 4. The molecule has 150 valence electrons. The number of aryl methyl sites for hydroxylation is 2. The number of amides is 2. The summed E-state index contributed by atoms with van der Waals surface area (Å²) in [5, 5.41) is 3.16. The molecule has 0 fully saturated rings. The molecule has 1 heterocycles. The average Bonchev–Trinajstić information content (AvgIpc) is 2.99. The summed E-state index contributed by atoms with van der Waals surface area (Å²) < 4.78 is 5.20. The number of hydrogen-bond donors (Lipinski definition) is 1. The van der Waals surface area contributed by atoms with E-state index < -0.39 is 0 Å². The van der Waals surface area contributed by atoms with Gasteiger partial charge in [0.2, 0.25) is 0 Å². The third-order valence-corrected chi connectivity index (χ3v) is 5.04. The summed E-state index contributed by atoms with van der Waals surface area (Å²) in [5.41, 5.74) is 4.62. The van der Waals surface area contributed by atoms with Crippen LogP contribution in [0.5, 0.6) is 5.75 Å². The second-order valence-electron chi connectivity index (χ2n) is 7.25. The van der Waals surface area contributed by atoms with Gasteiger partial charge in [-0.1, -0.05) is 42.0 Å². The Labute approximate surface area is 175 Å². The molecule has 0 radical (unpaired) electrons. The summed E-state index contributed by atoms with van der Waals surface area (Å²) in [5.74, 6) is -0.00837. The zero-order chi connectivity index (χ0) is 21.3. The molecule has 0 atom stereocenters. The van der Waals surface area contributed by atoms with Crippen molar-refractivity contribution in [1.29, 1.82) is 0 Å². The summed E-state index contributed by atoms with van der Waals surface area (Å²) in [6, 6.07) is 22.2. The molecule has 0 bridgehead atoms. The van der Waals surface area contributed by atoms with Gasteiger partial charge in [-0.25, -0.2) is 4.90 Å². The minimum atomic E-state index is -0.378. The maximum absolute atomic E-state index is 13.4. The molecule has 0 aromatic heterocycles. The first kappa shape index (κ1) is 19.5. The fourth-order valence-electron chi connectivity index (χ4n) is 3.45. The molecule has 1 aliphatic heterocycles. The lowest BCUT2D eigenvalue weighted by Gasteiger charge is -2.16. The molecule has 30 heavy (non-hydrogen) atoms. The van der Waals surface area contributed by atoms with E-state index in [1.165, 1.54) is 4.90 Å². The average molecular weight is 398 g/mol. The van der Waals surface area contributed by atoms with Gasteiger partial charge < -0.3 is 10.1 Å². The van der Waals surface area contributed by atoms with E-state index in [9.17, 15) is 9.59 Å². The highest BCUT2D eigenvalue weighted by Crippen LogP contribution is 2.34. The maximum Gasteiger partial charge on any atom is 0.282 e. The number of nitrogens with zero attached hydrogens (tertiary/aromatic N) is 1. The molecule has 0 aliphatic carbocycles. The van der Waals surface area contributed by atoms with Crippen LogP contribution < -0.4 is 15.0 Å². The molecule has 0 saturated carbocycles. The van der Waals surface area contributed by atoms with E-state index >= 15 is 0 Å². The predicted molar refractivity (Wildman–Crippen MR) is 118 cm³/mol. The fourth-order valence-corrected chi connectivity index (χ4v) is 3.45. The number of carbonyl (C=O) groups is 2. The highest BCUT2D eigenvalue weighted by molar-refractivity contribution is 6.46. The molecule has 0 spiro atoms. The Morgan fingerprint density at radius 3 is 2.13 bits per heavy atom. The van der Waals surface area contributed by atoms with E-state index in [2.05, 4.69) is 5.32 Å². The molecule has 0 saturated heterocycles. The Morgan fingerprint density at radius 1 is 0.800 bits per heavy atom. The van der Waals surface area contributed by atoms with Crippen molar-refractivity contribution in [3.63, 3.8) is 0 Å². The number of methoxy groups -OCH3 is 1. The van der Waals surface area contributed by atoms with Crippen LogP contribution in [0.25, 0.3) is 5.57 Å². The number of imide groups is 1. The number of carbonyl (C=O) groups excluding carboxylic acids is 2. The number of nitrogens with one attached hydrogen (secondary N) is 1. The monoisotopic (exact) mass is 398 g/mol. The highest BCUT2D eigenvalue weighted by atomic mass is 16.5. The summed E-state index contributed by atoms with van der Waals surface area (Å²) in [7, 11) is 1.60. The van der Waals surface area contributed by atoms with Gasteiger partial charge >= 0.3 is 0 Å². The summed E-state index contributed by atoms with van der Waals surface area (Å²) in [4.78, 5) is 28.0. The standard InChI is InChI=1S/C25H22N2O3/c1-16-7-9-18(10-8-16)22-23(26-19-11-13-21(30-3)14-12-19)25(29)27(24(22)28)20-6-4-5-17(2)15-20/h4-15,26H,1-3H3. The van der Waals surface area contributed by atoms with Crippen LogP contribution in [0.2, 0.25) is 0 Å². The van der Waals surface area contributed by atoms with Gasteiger partial charge in [0.1, 0.15) is 11.4 Å². The molecule has 1 N–H and O–H groups in total. The zero-order valence-corrected chi connectivity index (χ0v) is 17.1. The number of anilines is 2. The summed E-state index contributed by atoms with van der Waals surface area (Å²) >= 11 is 0. The van der Waals surface area contributed by atoms with E-state index in [1.807, 2.05) is 68.4 Å². The highest BCUT2D eigenvalue weighted by Gasteiger charge is 2.40. The van der Waals surface area contributed by atoms with E-state index in [-0.39, 0.29) is 17.5 Å². The molecule has 4 rings (SSSR count). The second-order valence-corrected chi connectivity index (χ2v) is 7.25. The fraction of sp³-hybridized carbons (Fsp3) is 0.120. The zero-order valence-electron chi connectivity index (χ0n) is 17.1. The van der Waals surface area contributed by atoms with Crippen molar-refractivity contribution >= 4 is 28.8 Å². The quantitative estimate of drug-likeness (QED) is 0.633. The molecule has 0 unspecified atom stereocenters. The van der Waals surface area contributed by atoms with Gasteiger partial charge in [-0.2, -0.15) is 0 Å². The Morgan fingerprint density at radius 2 is 1.50 bits per heavy atom. The van der Waals surface area contributed by atoms with Gasteiger partial charge in [0.15, 0.2) is 0 Å². The van der Waals surface area contributed by atoms with Crippen molar-refractivity contribution in [1.82, 2.24) is 0 Å². The second kappa shape index (κ2) is 7.87. The Balaban J connectivity index is 1.80. The van der Waals surface area contributed by atoms with Crippen LogP contribution in [-0.4, -0.2) is 18.9 Å². The predicted octanol–water partition coefficient (Wildman–Crippen LogP) is 4.71. The molecular weight excluding hydrogens is 376 g/mol. The van der Waals surface area contributed by atoms with Crippen LogP contribution in [0.1, 0.15) is 16.7 Å². The van der Waals surface area contributed by atoms with Crippen LogP contribution in [0.3, 0.4) is 0 Å². The van der Waals surface area contributed by atoms with E-state index in [0.717, 1.165) is 11.1 Å². The van der Waals surface area contributed by atoms with Crippen molar-refractivity contribution < 1.29 is 14.3 Å². The molecular formula is C25H22N2O3. The van der Waals surface area contributed by atoms with Gasteiger partial charge in [0, 0.05) is 5.69 Å². The van der Waals surface area contributed by atoms with E-state index in [4.69, 9.17) is 4.74 Å². The van der Waals surface area contributed by atoms with Crippen molar-refractivity contribution in [2.24, 2.45) is 0 Å². The van der Waals surface area contributed by atoms with E-state index in [0.29, 0.717) is 28.3 Å². The van der Waals surface area contributed by atoms with Crippen LogP contribution >= 0.6 is 0 Å². The third-order valence-electron chi connectivity index (χ3n) is 5.04. The third kappa shape index (κ3) is 3.57. The molecule has 1 aliphatic rings. The Kier molecular flexibility index (Phi) is 5.11. The molecule has 5 nitrogen and oxygen atoms in total. The maximum atomic E-state index is 13.4. The minimum absolute atomic E-state index is 0.260. The molecule has 3 aromatic carbocycles. The van der Waals surface area contributed by atoms with Crippen LogP contribution in [-0.2, 0) is 9.59 Å². The van der Waals surface area contributed by atoms with Crippen molar-refractivity contribution in [2.75, 3.05) is 17.3 Å². The first-order valence-electron chi connectivity index (χ1n) is 9.66. The summed E-state index contributed by atoms with van der Waals surface area (Å²) in [6.45, 7) is 3.91. The van der Waals surface area contributed by atoms with Crippen molar-refractivity contribution in [3.05, 3.63) is 95.2 Å². The van der Waals surface area contributed by atoms with Gasteiger partial charge in [-0.3, -0.25) is 9.59 Å². The molecule has 5 heteroatoms. The van der Waals surface area contributed by atoms with Gasteiger partial charge in [0.05, 0.1) is 18.4 Å². The lowest BCUT2D eigenvalue weighted by molar-refractivity contribution is -0.120. The molecule has 3 aromatic rings. The Bertz CT molecular complexity index is 1150. The number of ether oxygens (including phenoxy) is 1. The lowest BCUT2D eigenvalue weighted by Crippen LogP contribution is -2.32. The van der Waals surface area contributed by atoms with Crippen molar-refractivity contribution in [3.8, 4) is 5.75 Å². The number of rotatable bonds is 5. The van der Waals surface area contributed by atoms with Crippen LogP contribution in [0, 0.1) is 13.8 Å². The smallest absolute Gasteiger partial charge is 0.282 e. The van der Waals surface area contributed by atoms with Gasteiger partial charge in [-0.05, 0) is 61.4 Å². The largest absolute Gasteiger partial charge is 0.497 e. The normalized spacial score (nSPS) is 13.8. The van der Waals surface area contributed by atoms with Crippen LogP contribution in [0.4, 0.5) is 11.4 Å². The van der Waals surface area contributed by atoms with Gasteiger partial charge in [-0.15, -0.1) is 0 Å². The minimum Gasteiger partial charge on any atom is -0.497 e. The van der Waals surface area contributed by atoms with Gasteiger partial charge in [0.25, 0.3) is 11.8 Å². The Hall–Kier alpha value is -3.86. The topological polar surface area (TPSA) is 58.6 Å². The van der Waals surface area contributed by atoms with Crippen LogP contribution in [0.15, 0.2) is 78.5 Å². The SMILES string of the molecule is COc1ccc(NC2=C(c3ccc(C)cc3)C(=O)N(c3cccc(C)c3)C2=O)cc1. The first-order chi connectivity index (χ1) is 14.5. The first-order valence-corrected chi connectivity index (χ1v) is 9.66.